The van der Waals surface area contributed by atoms with E-state index in [1.807, 2.05) is 24.3 Å². The van der Waals surface area contributed by atoms with E-state index in [1.165, 1.54) is 16.7 Å². The number of rotatable bonds is 1. The molecule has 2 aromatic carbocycles. The average Bonchev–Trinajstić information content (AvgIpc) is 2.40. The minimum Gasteiger partial charge on any atom is -0.148 e. The molecule has 0 radical (unpaired) electrons. The normalized spacial score (nSPS) is 11.0. The van der Waals surface area contributed by atoms with E-state index in [0.29, 0.717) is 5.15 Å². The van der Waals surface area contributed by atoms with E-state index >= 15 is 0 Å². The molecule has 0 aliphatic carbocycles. The van der Waals surface area contributed by atoms with Crippen molar-refractivity contribution in [2.24, 2.45) is 0 Å². The molecule has 0 aliphatic rings. The lowest BCUT2D eigenvalue weighted by molar-refractivity contribution is 1.05. The minimum atomic E-state index is 0.451. The van der Waals surface area contributed by atoms with Crippen molar-refractivity contribution < 1.29 is 0 Å². The van der Waals surface area contributed by atoms with Gasteiger partial charge in [0.2, 0.25) is 0 Å². The van der Waals surface area contributed by atoms with Crippen LogP contribution in [0, 0.1) is 20.8 Å². The van der Waals surface area contributed by atoms with Crippen molar-refractivity contribution in [2.45, 2.75) is 20.8 Å². The van der Waals surface area contributed by atoms with E-state index in [9.17, 15) is 0 Å². The molecule has 3 heteroatoms. The Hall–Kier alpha value is -1.93. The first-order chi connectivity index (χ1) is 9.58. The SMILES string of the molecule is Cc1cc(C)c(-c2nnc(Cl)c3ccccc23)c(C)c1. The molecule has 20 heavy (non-hydrogen) atoms. The summed E-state index contributed by atoms with van der Waals surface area (Å²) in [7, 11) is 0. The first kappa shape index (κ1) is 13.1. The van der Waals surface area contributed by atoms with Crippen molar-refractivity contribution in [1.82, 2.24) is 10.2 Å². The van der Waals surface area contributed by atoms with Gasteiger partial charge in [0.05, 0.1) is 0 Å². The van der Waals surface area contributed by atoms with Crippen LogP contribution < -0.4 is 0 Å². The molecule has 1 aromatic heterocycles. The van der Waals surface area contributed by atoms with E-state index in [0.717, 1.165) is 22.0 Å². The summed E-state index contributed by atoms with van der Waals surface area (Å²) in [5.74, 6) is 0. The Morgan fingerprint density at radius 1 is 0.850 bits per heavy atom. The molecule has 0 saturated carbocycles. The van der Waals surface area contributed by atoms with Gasteiger partial charge in [-0.25, -0.2) is 0 Å². The predicted molar refractivity (Wildman–Crippen MR) is 84.2 cm³/mol. The lowest BCUT2D eigenvalue weighted by atomic mass is 9.95. The van der Waals surface area contributed by atoms with Crippen LogP contribution in [0.5, 0.6) is 0 Å². The maximum absolute atomic E-state index is 6.15. The van der Waals surface area contributed by atoms with E-state index in [2.05, 4.69) is 43.1 Å². The molecule has 0 bridgehead atoms. The Morgan fingerprint density at radius 2 is 1.45 bits per heavy atom. The van der Waals surface area contributed by atoms with Gasteiger partial charge in [-0.15, -0.1) is 10.2 Å². The lowest BCUT2D eigenvalue weighted by Gasteiger charge is -2.12. The number of hydrogen-bond acceptors (Lipinski definition) is 2. The van der Waals surface area contributed by atoms with Crippen LogP contribution in [0.2, 0.25) is 5.15 Å². The molecule has 0 spiro atoms. The molecule has 0 atom stereocenters. The first-order valence-corrected chi connectivity index (χ1v) is 6.95. The Labute approximate surface area is 123 Å². The molecule has 0 unspecified atom stereocenters. The van der Waals surface area contributed by atoms with Crippen molar-refractivity contribution >= 4 is 22.4 Å². The molecule has 3 rings (SSSR count). The van der Waals surface area contributed by atoms with Crippen LogP contribution in [-0.2, 0) is 0 Å². The fourth-order valence-corrected chi connectivity index (χ4v) is 3.01. The molecule has 0 fully saturated rings. The number of aromatic nitrogens is 2. The van der Waals surface area contributed by atoms with Crippen LogP contribution in [0.1, 0.15) is 16.7 Å². The van der Waals surface area contributed by atoms with E-state index < -0.39 is 0 Å². The first-order valence-electron chi connectivity index (χ1n) is 6.57. The molecule has 1 heterocycles. The van der Waals surface area contributed by atoms with Crippen molar-refractivity contribution in [1.29, 1.82) is 0 Å². The fourth-order valence-electron chi connectivity index (χ4n) is 2.81. The van der Waals surface area contributed by atoms with Crippen molar-refractivity contribution in [2.75, 3.05) is 0 Å². The Morgan fingerprint density at radius 3 is 2.10 bits per heavy atom. The average molecular weight is 283 g/mol. The summed E-state index contributed by atoms with van der Waals surface area (Å²) >= 11 is 6.15. The molecule has 0 N–H and O–H groups in total. The van der Waals surface area contributed by atoms with Crippen molar-refractivity contribution in [3.05, 3.63) is 58.2 Å². The lowest BCUT2D eigenvalue weighted by Crippen LogP contribution is -1.96. The minimum absolute atomic E-state index is 0.451. The van der Waals surface area contributed by atoms with Crippen molar-refractivity contribution in [3.63, 3.8) is 0 Å². The molecular weight excluding hydrogens is 268 g/mol. The molecule has 2 nitrogen and oxygen atoms in total. The Bertz CT molecular complexity index is 786. The highest BCUT2D eigenvalue weighted by molar-refractivity contribution is 6.34. The summed E-state index contributed by atoms with van der Waals surface area (Å²) in [6, 6.07) is 12.3. The van der Waals surface area contributed by atoms with Gasteiger partial charge in [0.25, 0.3) is 0 Å². The van der Waals surface area contributed by atoms with E-state index in [1.54, 1.807) is 0 Å². The van der Waals surface area contributed by atoms with Crippen molar-refractivity contribution in [3.8, 4) is 11.3 Å². The molecule has 0 aliphatic heterocycles. The van der Waals surface area contributed by atoms with Gasteiger partial charge in [0, 0.05) is 16.3 Å². The van der Waals surface area contributed by atoms with Gasteiger partial charge in [-0.3, -0.25) is 0 Å². The van der Waals surface area contributed by atoms with Gasteiger partial charge in [0.15, 0.2) is 5.15 Å². The Balaban J connectivity index is 2.39. The number of aryl methyl sites for hydroxylation is 3. The standard InChI is InChI=1S/C17H15ClN2/c1-10-8-11(2)15(12(3)9-10)16-13-6-4-5-7-14(13)17(18)20-19-16/h4-9H,1-3H3. The summed E-state index contributed by atoms with van der Waals surface area (Å²) in [5, 5.41) is 10.9. The highest BCUT2D eigenvalue weighted by Gasteiger charge is 2.13. The van der Waals surface area contributed by atoms with Crippen LogP contribution in [0.15, 0.2) is 36.4 Å². The topological polar surface area (TPSA) is 25.8 Å². The molecule has 0 amide bonds. The van der Waals surface area contributed by atoms with Gasteiger partial charge >= 0.3 is 0 Å². The third kappa shape index (κ3) is 2.06. The second-order valence-electron chi connectivity index (χ2n) is 5.16. The molecule has 3 aromatic rings. The van der Waals surface area contributed by atoms with E-state index in [4.69, 9.17) is 11.6 Å². The molecule has 0 saturated heterocycles. The van der Waals surface area contributed by atoms with Gasteiger partial charge in [-0.2, -0.15) is 0 Å². The maximum Gasteiger partial charge on any atom is 0.159 e. The van der Waals surface area contributed by atoms with Crippen LogP contribution in [0.25, 0.3) is 22.0 Å². The zero-order valence-corrected chi connectivity index (χ0v) is 12.5. The van der Waals surface area contributed by atoms with Crippen LogP contribution in [-0.4, -0.2) is 10.2 Å². The summed E-state index contributed by atoms with van der Waals surface area (Å²) in [5.41, 5.74) is 5.74. The molecule has 100 valence electrons. The smallest absolute Gasteiger partial charge is 0.148 e. The van der Waals surface area contributed by atoms with Gasteiger partial charge < -0.3 is 0 Å². The Kier molecular flexibility index (Phi) is 3.19. The third-order valence-electron chi connectivity index (χ3n) is 3.56. The van der Waals surface area contributed by atoms with Crippen LogP contribution in [0.3, 0.4) is 0 Å². The molecular formula is C17H15ClN2. The number of benzene rings is 2. The number of halogens is 1. The van der Waals surface area contributed by atoms with Gasteiger partial charge in [-0.05, 0) is 31.9 Å². The van der Waals surface area contributed by atoms with Gasteiger partial charge in [-0.1, -0.05) is 53.6 Å². The maximum atomic E-state index is 6.15. The summed E-state index contributed by atoms with van der Waals surface area (Å²) in [6.45, 7) is 6.33. The van der Waals surface area contributed by atoms with E-state index in [-0.39, 0.29) is 0 Å². The zero-order chi connectivity index (χ0) is 14.3. The summed E-state index contributed by atoms with van der Waals surface area (Å²) in [6.07, 6.45) is 0. The number of nitrogens with zero attached hydrogens (tertiary/aromatic N) is 2. The number of fused-ring (bicyclic) bond motifs is 1. The zero-order valence-electron chi connectivity index (χ0n) is 11.7. The summed E-state index contributed by atoms with van der Waals surface area (Å²) in [4.78, 5) is 0. The highest BCUT2D eigenvalue weighted by atomic mass is 35.5. The predicted octanol–water partition coefficient (Wildman–Crippen LogP) is 4.88. The highest BCUT2D eigenvalue weighted by Crippen LogP contribution is 2.33. The van der Waals surface area contributed by atoms with Gasteiger partial charge in [0.1, 0.15) is 5.69 Å². The quantitative estimate of drug-likeness (QED) is 0.636. The summed E-state index contributed by atoms with van der Waals surface area (Å²) < 4.78 is 0. The largest absolute Gasteiger partial charge is 0.159 e. The second kappa shape index (κ2) is 4.88. The number of hydrogen-bond donors (Lipinski definition) is 0. The monoisotopic (exact) mass is 282 g/mol. The third-order valence-corrected chi connectivity index (χ3v) is 3.84. The van der Waals surface area contributed by atoms with Crippen LogP contribution in [0.4, 0.5) is 0 Å². The van der Waals surface area contributed by atoms with Crippen LogP contribution >= 0.6 is 11.6 Å². The fraction of sp³-hybridized carbons (Fsp3) is 0.176. The second-order valence-corrected chi connectivity index (χ2v) is 5.52.